The van der Waals surface area contributed by atoms with Crippen LogP contribution in [0.3, 0.4) is 0 Å². The molecule has 8 nitrogen and oxygen atoms in total. The van der Waals surface area contributed by atoms with Gasteiger partial charge in [0.2, 0.25) is 5.91 Å². The van der Waals surface area contributed by atoms with Crippen LogP contribution in [0.2, 0.25) is 0 Å². The van der Waals surface area contributed by atoms with Crippen molar-refractivity contribution in [2.75, 3.05) is 39.9 Å². The zero-order chi connectivity index (χ0) is 21.1. The standard InChI is InChI=1S/C22H30N4O4/c1-30-16-19(27)25-11-5-8-18(15-25)26-20(28)22(23-21(26)29)9-12-24(13-10-22)14-17-6-3-2-4-7-17/h2-4,6-7,18H,5,8-16H2,1H3,(H,23,29). The van der Waals surface area contributed by atoms with E-state index in [0.717, 1.165) is 32.5 Å². The summed E-state index contributed by atoms with van der Waals surface area (Å²) in [6, 6.07) is 9.69. The van der Waals surface area contributed by atoms with E-state index in [1.807, 2.05) is 18.2 Å². The number of piperidine rings is 2. The lowest BCUT2D eigenvalue weighted by atomic mass is 9.87. The number of carbonyl (C=O) groups is 3. The number of ether oxygens (including phenoxy) is 1. The van der Waals surface area contributed by atoms with Crippen LogP contribution in [0.1, 0.15) is 31.2 Å². The molecule has 3 saturated heterocycles. The van der Waals surface area contributed by atoms with Crippen LogP contribution in [0.25, 0.3) is 0 Å². The van der Waals surface area contributed by atoms with Crippen LogP contribution in [-0.4, -0.2) is 84.0 Å². The second-order valence-electron chi connectivity index (χ2n) is 8.52. The molecule has 30 heavy (non-hydrogen) atoms. The third kappa shape index (κ3) is 4.06. The highest BCUT2D eigenvalue weighted by Gasteiger charge is 2.54. The van der Waals surface area contributed by atoms with E-state index in [2.05, 4.69) is 22.3 Å². The molecule has 0 aromatic heterocycles. The predicted octanol–water partition coefficient (Wildman–Crippen LogP) is 1.21. The van der Waals surface area contributed by atoms with E-state index in [4.69, 9.17) is 4.74 Å². The Kier molecular flexibility index (Phi) is 6.06. The molecule has 0 saturated carbocycles. The molecule has 3 aliphatic rings. The van der Waals surface area contributed by atoms with Crippen LogP contribution in [0.4, 0.5) is 4.79 Å². The number of hydrogen-bond donors (Lipinski definition) is 1. The van der Waals surface area contributed by atoms with Gasteiger partial charge in [-0.25, -0.2) is 4.79 Å². The minimum atomic E-state index is -0.802. The number of amides is 4. The number of nitrogens with zero attached hydrogens (tertiary/aromatic N) is 3. The van der Waals surface area contributed by atoms with Gasteiger partial charge in [-0.2, -0.15) is 0 Å². The first-order valence-corrected chi connectivity index (χ1v) is 10.7. The zero-order valence-electron chi connectivity index (χ0n) is 17.5. The van der Waals surface area contributed by atoms with E-state index in [-0.39, 0.29) is 30.5 Å². The van der Waals surface area contributed by atoms with Gasteiger partial charge in [0.25, 0.3) is 5.91 Å². The van der Waals surface area contributed by atoms with Crippen molar-refractivity contribution in [3.8, 4) is 0 Å². The first-order chi connectivity index (χ1) is 14.5. The Hall–Kier alpha value is -2.45. The van der Waals surface area contributed by atoms with Crippen LogP contribution in [0.5, 0.6) is 0 Å². The maximum absolute atomic E-state index is 13.4. The fourth-order valence-electron chi connectivity index (χ4n) is 4.85. The number of imide groups is 1. The number of rotatable bonds is 5. The molecule has 1 aromatic rings. The van der Waals surface area contributed by atoms with Gasteiger partial charge in [0.15, 0.2) is 0 Å². The van der Waals surface area contributed by atoms with E-state index in [0.29, 0.717) is 25.9 Å². The minimum absolute atomic E-state index is 0.0219. The second-order valence-corrected chi connectivity index (χ2v) is 8.52. The zero-order valence-corrected chi connectivity index (χ0v) is 17.5. The van der Waals surface area contributed by atoms with Crippen molar-refractivity contribution in [2.24, 2.45) is 0 Å². The molecule has 1 N–H and O–H groups in total. The Labute approximate surface area is 177 Å². The molecule has 0 bridgehead atoms. The molecule has 0 aliphatic carbocycles. The van der Waals surface area contributed by atoms with E-state index < -0.39 is 5.54 Å². The van der Waals surface area contributed by atoms with Gasteiger partial charge in [-0.3, -0.25) is 19.4 Å². The Morgan fingerprint density at radius 1 is 1.17 bits per heavy atom. The molecule has 3 aliphatic heterocycles. The lowest BCUT2D eigenvalue weighted by Gasteiger charge is -2.39. The summed E-state index contributed by atoms with van der Waals surface area (Å²) in [6.45, 7) is 3.42. The summed E-state index contributed by atoms with van der Waals surface area (Å²) in [4.78, 5) is 43.7. The first-order valence-electron chi connectivity index (χ1n) is 10.7. The predicted molar refractivity (Wildman–Crippen MR) is 111 cm³/mol. The first kappa shape index (κ1) is 20.8. The van der Waals surface area contributed by atoms with Crippen molar-refractivity contribution in [3.63, 3.8) is 0 Å². The van der Waals surface area contributed by atoms with Crippen molar-refractivity contribution in [1.29, 1.82) is 0 Å². The van der Waals surface area contributed by atoms with E-state index >= 15 is 0 Å². The molecule has 162 valence electrons. The number of benzene rings is 1. The van der Waals surface area contributed by atoms with Crippen molar-refractivity contribution in [2.45, 2.75) is 43.8 Å². The molecule has 1 aromatic carbocycles. The molecule has 3 fully saturated rings. The van der Waals surface area contributed by atoms with Gasteiger partial charge in [0.05, 0.1) is 6.04 Å². The highest BCUT2D eigenvalue weighted by Crippen LogP contribution is 2.32. The van der Waals surface area contributed by atoms with Gasteiger partial charge in [-0.05, 0) is 31.2 Å². The molecule has 0 radical (unpaired) electrons. The van der Waals surface area contributed by atoms with Gasteiger partial charge in [0, 0.05) is 39.8 Å². The summed E-state index contributed by atoms with van der Waals surface area (Å²) in [5.74, 6) is -0.226. The van der Waals surface area contributed by atoms with Gasteiger partial charge < -0.3 is 15.0 Å². The Morgan fingerprint density at radius 2 is 1.90 bits per heavy atom. The lowest BCUT2D eigenvalue weighted by molar-refractivity contribution is -0.141. The average Bonchev–Trinajstić information content (AvgIpc) is 3.00. The highest BCUT2D eigenvalue weighted by atomic mass is 16.5. The normalized spacial score (nSPS) is 24.4. The summed E-state index contributed by atoms with van der Waals surface area (Å²) in [6.07, 6.45) is 2.72. The number of urea groups is 1. The molecule has 1 spiro atoms. The highest BCUT2D eigenvalue weighted by molar-refractivity contribution is 6.07. The third-order valence-electron chi connectivity index (χ3n) is 6.53. The molecule has 1 unspecified atom stereocenters. The number of likely N-dealkylation sites (tertiary alicyclic amines) is 2. The average molecular weight is 415 g/mol. The van der Waals surface area contributed by atoms with Crippen molar-refractivity contribution >= 4 is 17.8 Å². The second kappa shape index (κ2) is 8.73. The monoisotopic (exact) mass is 414 g/mol. The maximum Gasteiger partial charge on any atom is 0.325 e. The number of nitrogens with one attached hydrogen (secondary N) is 1. The fraction of sp³-hybridized carbons (Fsp3) is 0.591. The number of hydrogen-bond acceptors (Lipinski definition) is 5. The SMILES string of the molecule is COCC(=O)N1CCCC(N2C(=O)NC3(CCN(Cc4ccccc4)CC3)C2=O)C1. The van der Waals surface area contributed by atoms with Crippen LogP contribution in [0, 0.1) is 0 Å². The third-order valence-corrected chi connectivity index (χ3v) is 6.53. The van der Waals surface area contributed by atoms with Crippen LogP contribution in [-0.2, 0) is 20.9 Å². The molecular formula is C22H30N4O4. The summed E-state index contributed by atoms with van der Waals surface area (Å²) in [5, 5.41) is 3.00. The maximum atomic E-state index is 13.4. The molecule has 1 atom stereocenters. The van der Waals surface area contributed by atoms with Crippen LogP contribution < -0.4 is 5.32 Å². The minimum Gasteiger partial charge on any atom is -0.375 e. The smallest absolute Gasteiger partial charge is 0.325 e. The largest absolute Gasteiger partial charge is 0.375 e. The Morgan fingerprint density at radius 3 is 2.60 bits per heavy atom. The summed E-state index contributed by atoms with van der Waals surface area (Å²) < 4.78 is 4.95. The van der Waals surface area contributed by atoms with Gasteiger partial charge >= 0.3 is 6.03 Å². The van der Waals surface area contributed by atoms with E-state index in [9.17, 15) is 14.4 Å². The quantitative estimate of drug-likeness (QED) is 0.733. The molecular weight excluding hydrogens is 384 g/mol. The van der Waals surface area contributed by atoms with Crippen molar-refractivity contribution in [1.82, 2.24) is 20.0 Å². The van der Waals surface area contributed by atoms with Crippen LogP contribution >= 0.6 is 0 Å². The van der Waals surface area contributed by atoms with E-state index in [1.165, 1.54) is 17.6 Å². The molecule has 4 amide bonds. The summed E-state index contributed by atoms with van der Waals surface area (Å²) in [7, 11) is 1.49. The Bertz CT molecular complexity index is 792. The van der Waals surface area contributed by atoms with Crippen molar-refractivity contribution in [3.05, 3.63) is 35.9 Å². The Balaban J connectivity index is 1.39. The van der Waals surface area contributed by atoms with Crippen LogP contribution in [0.15, 0.2) is 30.3 Å². The van der Waals surface area contributed by atoms with E-state index in [1.54, 1.807) is 4.90 Å². The van der Waals surface area contributed by atoms with Gasteiger partial charge in [-0.15, -0.1) is 0 Å². The summed E-state index contributed by atoms with van der Waals surface area (Å²) >= 11 is 0. The number of carbonyl (C=O) groups excluding carboxylic acids is 3. The van der Waals surface area contributed by atoms with Crippen molar-refractivity contribution < 1.29 is 19.1 Å². The summed E-state index contributed by atoms with van der Waals surface area (Å²) in [5.41, 5.74) is 0.447. The fourth-order valence-corrected chi connectivity index (χ4v) is 4.85. The van der Waals surface area contributed by atoms with Gasteiger partial charge in [0.1, 0.15) is 12.1 Å². The molecule has 3 heterocycles. The molecule has 8 heteroatoms. The molecule has 4 rings (SSSR count). The lowest BCUT2D eigenvalue weighted by Crippen LogP contribution is -2.56. The topological polar surface area (TPSA) is 82.2 Å². The number of methoxy groups -OCH3 is 1. The van der Waals surface area contributed by atoms with Gasteiger partial charge in [-0.1, -0.05) is 30.3 Å².